The molecule has 1 saturated carbocycles. The van der Waals surface area contributed by atoms with Crippen LogP contribution >= 0.6 is 11.8 Å². The molecule has 26 heavy (non-hydrogen) atoms. The van der Waals surface area contributed by atoms with Crippen LogP contribution in [0.3, 0.4) is 0 Å². The molecule has 4 rings (SSSR count). The second kappa shape index (κ2) is 7.98. The minimum atomic E-state index is 0.526. The molecule has 0 spiro atoms. The van der Waals surface area contributed by atoms with Gasteiger partial charge in [0.05, 0.1) is 31.5 Å². The average molecular weight is 371 g/mol. The number of benzene rings is 1. The van der Waals surface area contributed by atoms with Crippen molar-refractivity contribution >= 4 is 17.7 Å². The first-order chi connectivity index (χ1) is 12.8. The van der Waals surface area contributed by atoms with Crippen LogP contribution in [-0.2, 0) is 4.74 Å². The average Bonchev–Trinajstić information content (AvgIpc) is 3.45. The van der Waals surface area contributed by atoms with Crippen LogP contribution in [0.5, 0.6) is 5.75 Å². The van der Waals surface area contributed by atoms with Crippen LogP contribution in [0, 0.1) is 11.3 Å². The predicted octanol–water partition coefficient (Wildman–Crippen LogP) is 2.49. The summed E-state index contributed by atoms with van der Waals surface area (Å²) in [5.74, 6) is 2.48. The highest BCUT2D eigenvalue weighted by molar-refractivity contribution is 7.99. The molecule has 0 radical (unpaired) electrons. The first-order valence-corrected chi connectivity index (χ1v) is 9.87. The van der Waals surface area contributed by atoms with Gasteiger partial charge in [-0.2, -0.15) is 5.26 Å². The number of hydrogen-bond donors (Lipinski definition) is 0. The number of rotatable bonds is 7. The Morgan fingerprint density at radius 1 is 1.27 bits per heavy atom. The molecule has 2 fully saturated rings. The molecule has 1 aromatic carbocycles. The fourth-order valence-electron chi connectivity index (χ4n) is 2.95. The molecule has 8 heteroatoms. The van der Waals surface area contributed by atoms with E-state index >= 15 is 0 Å². The maximum Gasteiger partial charge on any atom is 0.228 e. The summed E-state index contributed by atoms with van der Waals surface area (Å²) in [5, 5.41) is 18.8. The van der Waals surface area contributed by atoms with Gasteiger partial charge in [0.2, 0.25) is 5.95 Å². The molecule has 7 nitrogen and oxygen atoms in total. The molecular formula is C18H21N5O2S. The van der Waals surface area contributed by atoms with Crippen molar-refractivity contribution in [2.75, 3.05) is 43.6 Å². The number of aromatic nitrogens is 3. The Balaban J connectivity index is 1.36. The van der Waals surface area contributed by atoms with E-state index in [9.17, 15) is 0 Å². The lowest BCUT2D eigenvalue weighted by molar-refractivity contribution is 0.121. The number of ether oxygens (including phenoxy) is 2. The smallest absolute Gasteiger partial charge is 0.228 e. The van der Waals surface area contributed by atoms with Gasteiger partial charge in [-0.1, -0.05) is 17.8 Å². The van der Waals surface area contributed by atoms with Crippen molar-refractivity contribution in [3.63, 3.8) is 0 Å². The summed E-state index contributed by atoms with van der Waals surface area (Å²) in [6.45, 7) is 3.79. The normalized spacial score (nSPS) is 17.1. The Kier molecular flexibility index (Phi) is 5.27. The van der Waals surface area contributed by atoms with Gasteiger partial charge in [0.1, 0.15) is 5.75 Å². The Morgan fingerprint density at radius 2 is 2.12 bits per heavy atom. The van der Waals surface area contributed by atoms with E-state index in [1.807, 2.05) is 12.1 Å². The Hall–Kier alpha value is -2.24. The third-order valence-corrected chi connectivity index (χ3v) is 5.31. The molecule has 2 heterocycles. The molecule has 0 N–H and O–H groups in total. The Bertz CT molecular complexity index is 793. The molecule has 1 aromatic heterocycles. The monoisotopic (exact) mass is 371 g/mol. The van der Waals surface area contributed by atoms with Gasteiger partial charge in [-0.25, -0.2) is 0 Å². The number of morpholine rings is 1. The van der Waals surface area contributed by atoms with E-state index in [0.29, 0.717) is 18.2 Å². The highest BCUT2D eigenvalue weighted by atomic mass is 32.2. The highest BCUT2D eigenvalue weighted by Gasteiger charge is 2.32. The van der Waals surface area contributed by atoms with E-state index in [-0.39, 0.29) is 0 Å². The lowest BCUT2D eigenvalue weighted by Crippen LogP contribution is -2.38. The zero-order valence-electron chi connectivity index (χ0n) is 14.5. The molecule has 1 aliphatic carbocycles. The van der Waals surface area contributed by atoms with Gasteiger partial charge in [0.15, 0.2) is 5.16 Å². The minimum absolute atomic E-state index is 0.526. The second-order valence-electron chi connectivity index (χ2n) is 6.32. The second-order valence-corrected chi connectivity index (χ2v) is 7.38. The summed E-state index contributed by atoms with van der Waals surface area (Å²) in [6, 6.07) is 9.88. The maximum atomic E-state index is 8.94. The van der Waals surface area contributed by atoms with Crippen LogP contribution in [-0.4, -0.2) is 53.4 Å². The van der Waals surface area contributed by atoms with E-state index in [1.54, 1.807) is 23.9 Å². The molecule has 1 aliphatic heterocycles. The number of nitrogens with zero attached hydrogens (tertiary/aromatic N) is 5. The summed E-state index contributed by atoms with van der Waals surface area (Å²) >= 11 is 1.67. The van der Waals surface area contributed by atoms with Crippen LogP contribution in [0.2, 0.25) is 0 Å². The number of anilines is 1. The zero-order valence-corrected chi connectivity index (χ0v) is 15.3. The molecule has 2 aliphatic rings. The molecule has 1 saturated heterocycles. The van der Waals surface area contributed by atoms with E-state index in [0.717, 1.165) is 48.9 Å². The van der Waals surface area contributed by atoms with E-state index in [1.165, 1.54) is 12.8 Å². The minimum Gasteiger partial charge on any atom is -0.493 e. The van der Waals surface area contributed by atoms with Crippen LogP contribution < -0.4 is 9.64 Å². The molecular weight excluding hydrogens is 350 g/mol. The highest BCUT2D eigenvalue weighted by Crippen LogP contribution is 2.41. The Labute approximate surface area is 156 Å². The fraction of sp³-hybridized carbons (Fsp3) is 0.500. The van der Waals surface area contributed by atoms with E-state index in [4.69, 9.17) is 14.7 Å². The molecule has 0 bridgehead atoms. The van der Waals surface area contributed by atoms with Gasteiger partial charge >= 0.3 is 0 Å². The molecule has 136 valence electrons. The third-order valence-electron chi connectivity index (χ3n) is 4.40. The third kappa shape index (κ3) is 3.94. The van der Waals surface area contributed by atoms with Crippen molar-refractivity contribution in [2.45, 2.75) is 24.0 Å². The Morgan fingerprint density at radius 3 is 2.88 bits per heavy atom. The standard InChI is InChI=1S/C18H21N5O2S/c19-13-14-2-1-3-16(12-14)25-10-11-26-18-21-20-17(23(18)15-4-5-15)22-6-8-24-9-7-22/h1-3,12,15H,4-11H2. The number of nitriles is 1. The lowest BCUT2D eigenvalue weighted by atomic mass is 10.2. The van der Waals surface area contributed by atoms with Gasteiger partial charge in [-0.15, -0.1) is 10.2 Å². The molecule has 0 unspecified atom stereocenters. The summed E-state index contributed by atoms with van der Waals surface area (Å²) in [7, 11) is 0. The fourth-order valence-corrected chi connectivity index (χ4v) is 3.76. The predicted molar refractivity (Wildman–Crippen MR) is 98.7 cm³/mol. The van der Waals surface area contributed by atoms with Crippen molar-refractivity contribution in [2.24, 2.45) is 0 Å². The summed E-state index contributed by atoms with van der Waals surface area (Å²) < 4.78 is 13.5. The van der Waals surface area contributed by atoms with Crippen molar-refractivity contribution in [1.82, 2.24) is 14.8 Å². The van der Waals surface area contributed by atoms with Crippen LogP contribution in [0.4, 0.5) is 5.95 Å². The van der Waals surface area contributed by atoms with Crippen LogP contribution in [0.25, 0.3) is 0 Å². The summed E-state index contributed by atoms with van der Waals surface area (Å²) in [6.07, 6.45) is 2.39. The van der Waals surface area contributed by atoms with Crippen molar-refractivity contribution in [3.8, 4) is 11.8 Å². The summed E-state index contributed by atoms with van der Waals surface area (Å²) in [5.41, 5.74) is 0.610. The van der Waals surface area contributed by atoms with E-state index in [2.05, 4.69) is 25.7 Å². The van der Waals surface area contributed by atoms with Gasteiger partial charge in [-0.3, -0.25) is 4.57 Å². The van der Waals surface area contributed by atoms with Gasteiger partial charge < -0.3 is 14.4 Å². The number of thioether (sulfide) groups is 1. The molecule has 0 amide bonds. The van der Waals surface area contributed by atoms with E-state index < -0.39 is 0 Å². The first-order valence-electron chi connectivity index (χ1n) is 8.88. The SMILES string of the molecule is N#Cc1cccc(OCCSc2nnc(N3CCOCC3)n2C2CC2)c1. The van der Waals surface area contributed by atoms with Crippen molar-refractivity contribution in [1.29, 1.82) is 5.26 Å². The molecule has 0 atom stereocenters. The largest absolute Gasteiger partial charge is 0.493 e. The van der Waals surface area contributed by atoms with Crippen molar-refractivity contribution < 1.29 is 9.47 Å². The topological polar surface area (TPSA) is 76.2 Å². The van der Waals surface area contributed by atoms with Crippen molar-refractivity contribution in [3.05, 3.63) is 29.8 Å². The maximum absolute atomic E-state index is 8.94. The lowest BCUT2D eigenvalue weighted by Gasteiger charge is -2.27. The van der Waals surface area contributed by atoms with Gasteiger partial charge in [0.25, 0.3) is 0 Å². The summed E-state index contributed by atoms with van der Waals surface area (Å²) in [4.78, 5) is 2.27. The van der Waals surface area contributed by atoms with Crippen LogP contribution in [0.1, 0.15) is 24.4 Å². The first kappa shape index (κ1) is 17.2. The zero-order chi connectivity index (χ0) is 17.8. The van der Waals surface area contributed by atoms with Crippen LogP contribution in [0.15, 0.2) is 29.4 Å². The van der Waals surface area contributed by atoms with Gasteiger partial charge in [-0.05, 0) is 31.0 Å². The van der Waals surface area contributed by atoms with Gasteiger partial charge in [0, 0.05) is 24.9 Å². The molecule has 2 aromatic rings. The quantitative estimate of drug-likeness (QED) is 0.547. The number of hydrogen-bond acceptors (Lipinski definition) is 7.